The molecule has 1 aromatic carbocycles. The first-order valence-corrected chi connectivity index (χ1v) is 4.30. The molecule has 0 heterocycles. The highest BCUT2D eigenvalue weighted by Crippen LogP contribution is 2.26. The smallest absolute Gasteiger partial charge is 0.328 e. The van der Waals surface area contributed by atoms with Crippen molar-refractivity contribution in [2.24, 2.45) is 0 Å². The van der Waals surface area contributed by atoms with Gasteiger partial charge in [-0.15, -0.1) is 0 Å². The predicted molar refractivity (Wildman–Crippen MR) is 55.1 cm³/mol. The first-order chi connectivity index (χ1) is 7.97. The summed E-state index contributed by atoms with van der Waals surface area (Å²) in [6.07, 6.45) is 1.60. The minimum atomic E-state index is -1.31. The van der Waals surface area contributed by atoms with Crippen molar-refractivity contribution < 1.29 is 24.0 Å². The zero-order chi connectivity index (χ0) is 13.0. The van der Waals surface area contributed by atoms with Gasteiger partial charge in [-0.2, -0.15) is 0 Å². The van der Waals surface area contributed by atoms with Gasteiger partial charge in [0, 0.05) is 6.08 Å². The standard InChI is InChI=1S/C10H6FNO5/c11-8-3-1-6(2-4-9(14)15)10(12(16)17)7(8)5-13/h1-5H,(H,14,15)/b4-2+. The van der Waals surface area contributed by atoms with Gasteiger partial charge in [-0.1, -0.05) is 0 Å². The third-order valence-electron chi connectivity index (χ3n) is 1.90. The van der Waals surface area contributed by atoms with Crippen LogP contribution in [0, 0.1) is 15.9 Å². The van der Waals surface area contributed by atoms with Gasteiger partial charge < -0.3 is 5.11 Å². The molecular formula is C10H6FNO5. The summed E-state index contributed by atoms with van der Waals surface area (Å²) in [7, 11) is 0. The summed E-state index contributed by atoms with van der Waals surface area (Å²) in [5.74, 6) is -2.34. The van der Waals surface area contributed by atoms with Crippen LogP contribution < -0.4 is 0 Å². The van der Waals surface area contributed by atoms with E-state index in [0.29, 0.717) is 6.08 Å². The molecule has 0 saturated heterocycles. The van der Waals surface area contributed by atoms with Crippen LogP contribution in [0.5, 0.6) is 0 Å². The highest BCUT2D eigenvalue weighted by Gasteiger charge is 2.21. The van der Waals surface area contributed by atoms with E-state index in [0.717, 1.165) is 18.2 Å². The quantitative estimate of drug-likeness (QED) is 0.373. The zero-order valence-corrected chi connectivity index (χ0v) is 8.29. The van der Waals surface area contributed by atoms with Gasteiger partial charge in [-0.3, -0.25) is 14.9 Å². The van der Waals surface area contributed by atoms with E-state index in [1.165, 1.54) is 0 Å². The van der Waals surface area contributed by atoms with Gasteiger partial charge in [0.2, 0.25) is 0 Å². The fourth-order valence-corrected chi connectivity index (χ4v) is 1.21. The van der Waals surface area contributed by atoms with Crippen molar-refractivity contribution in [3.8, 4) is 0 Å². The number of carboxylic acid groups (broad SMARTS) is 1. The number of rotatable bonds is 4. The molecule has 0 unspecified atom stereocenters. The maximum atomic E-state index is 13.1. The lowest BCUT2D eigenvalue weighted by Gasteiger charge is -2.01. The van der Waals surface area contributed by atoms with Crippen LogP contribution in [0.1, 0.15) is 15.9 Å². The average Bonchev–Trinajstić information content (AvgIpc) is 2.26. The third kappa shape index (κ3) is 2.71. The van der Waals surface area contributed by atoms with Gasteiger partial charge >= 0.3 is 5.97 Å². The molecule has 0 radical (unpaired) electrons. The minimum absolute atomic E-state index is 0.0194. The first-order valence-electron chi connectivity index (χ1n) is 4.30. The molecule has 88 valence electrons. The van der Waals surface area contributed by atoms with Gasteiger partial charge in [0.15, 0.2) is 6.29 Å². The Kier molecular flexibility index (Phi) is 3.66. The number of aliphatic carboxylic acids is 1. The zero-order valence-electron chi connectivity index (χ0n) is 8.29. The third-order valence-corrected chi connectivity index (χ3v) is 1.90. The Morgan fingerprint density at radius 2 is 2.12 bits per heavy atom. The van der Waals surface area contributed by atoms with Crippen LogP contribution in [0.2, 0.25) is 0 Å². The van der Waals surface area contributed by atoms with Crippen LogP contribution >= 0.6 is 0 Å². The number of hydrogen-bond acceptors (Lipinski definition) is 4. The van der Waals surface area contributed by atoms with Crippen LogP contribution in [0.25, 0.3) is 6.08 Å². The largest absolute Gasteiger partial charge is 0.478 e. The lowest BCUT2D eigenvalue weighted by Crippen LogP contribution is -2.00. The van der Waals surface area contributed by atoms with Gasteiger partial charge in [-0.25, -0.2) is 9.18 Å². The number of carboxylic acids is 1. The number of halogens is 1. The molecule has 1 N–H and O–H groups in total. The monoisotopic (exact) mass is 239 g/mol. The summed E-state index contributed by atoms with van der Waals surface area (Å²) >= 11 is 0. The van der Waals surface area contributed by atoms with Crippen LogP contribution in [0.4, 0.5) is 10.1 Å². The van der Waals surface area contributed by atoms with E-state index < -0.39 is 28.0 Å². The summed E-state index contributed by atoms with van der Waals surface area (Å²) in [6, 6.07) is 1.89. The Labute approximate surface area is 94.1 Å². The van der Waals surface area contributed by atoms with Crippen molar-refractivity contribution in [3.05, 3.63) is 45.3 Å². The molecule has 0 amide bonds. The Morgan fingerprint density at radius 1 is 1.47 bits per heavy atom. The number of aldehydes is 1. The lowest BCUT2D eigenvalue weighted by atomic mass is 10.1. The molecular weight excluding hydrogens is 233 g/mol. The van der Waals surface area contributed by atoms with E-state index in [-0.39, 0.29) is 11.8 Å². The van der Waals surface area contributed by atoms with E-state index in [4.69, 9.17) is 5.11 Å². The second kappa shape index (κ2) is 4.97. The Morgan fingerprint density at radius 3 is 2.59 bits per heavy atom. The number of hydrogen-bond donors (Lipinski definition) is 1. The molecule has 0 fully saturated rings. The highest BCUT2D eigenvalue weighted by atomic mass is 19.1. The van der Waals surface area contributed by atoms with Crippen molar-refractivity contribution in [2.45, 2.75) is 0 Å². The normalized spacial score (nSPS) is 10.4. The van der Waals surface area contributed by atoms with Crippen molar-refractivity contribution in [3.63, 3.8) is 0 Å². The molecule has 7 heteroatoms. The highest BCUT2D eigenvalue weighted by molar-refractivity contribution is 5.89. The maximum Gasteiger partial charge on any atom is 0.328 e. The molecule has 0 atom stereocenters. The lowest BCUT2D eigenvalue weighted by molar-refractivity contribution is -0.385. The van der Waals surface area contributed by atoms with Crippen LogP contribution in [-0.4, -0.2) is 22.3 Å². The van der Waals surface area contributed by atoms with E-state index in [9.17, 15) is 24.1 Å². The van der Waals surface area contributed by atoms with E-state index >= 15 is 0 Å². The van der Waals surface area contributed by atoms with E-state index in [2.05, 4.69) is 0 Å². The van der Waals surface area contributed by atoms with Gasteiger partial charge in [0.1, 0.15) is 11.4 Å². The SMILES string of the molecule is O=Cc1c(F)ccc(/C=C/C(=O)O)c1[N+](=O)[O-]. The molecule has 0 aliphatic rings. The number of nitro benzene ring substituents is 1. The molecule has 17 heavy (non-hydrogen) atoms. The molecule has 0 spiro atoms. The molecule has 0 aliphatic heterocycles. The number of nitro groups is 1. The molecule has 0 aliphatic carbocycles. The maximum absolute atomic E-state index is 13.1. The van der Waals surface area contributed by atoms with Crippen molar-refractivity contribution in [2.75, 3.05) is 0 Å². The van der Waals surface area contributed by atoms with E-state index in [1.807, 2.05) is 0 Å². The molecule has 0 bridgehead atoms. The molecule has 0 saturated carbocycles. The molecule has 6 nitrogen and oxygen atoms in total. The van der Waals surface area contributed by atoms with Gasteiger partial charge in [-0.05, 0) is 18.2 Å². The average molecular weight is 239 g/mol. The summed E-state index contributed by atoms with van der Waals surface area (Å²) in [5.41, 5.74) is -1.61. The minimum Gasteiger partial charge on any atom is -0.478 e. The second-order valence-corrected chi connectivity index (χ2v) is 2.95. The Bertz CT molecular complexity index is 524. The molecule has 1 rings (SSSR count). The van der Waals surface area contributed by atoms with Crippen molar-refractivity contribution >= 4 is 24.0 Å². The first kappa shape index (κ1) is 12.5. The topological polar surface area (TPSA) is 97.5 Å². The fourth-order valence-electron chi connectivity index (χ4n) is 1.21. The summed E-state index contributed by atoms with van der Waals surface area (Å²) in [4.78, 5) is 30.6. The van der Waals surface area contributed by atoms with Gasteiger partial charge in [0.25, 0.3) is 5.69 Å². The second-order valence-electron chi connectivity index (χ2n) is 2.95. The van der Waals surface area contributed by atoms with E-state index in [1.54, 1.807) is 0 Å². The number of nitrogens with zero attached hydrogens (tertiary/aromatic N) is 1. The Hall–Kier alpha value is -2.57. The molecule has 1 aromatic rings. The molecule has 0 aromatic heterocycles. The van der Waals surface area contributed by atoms with Crippen LogP contribution in [-0.2, 0) is 4.79 Å². The van der Waals surface area contributed by atoms with Crippen molar-refractivity contribution in [1.82, 2.24) is 0 Å². The van der Waals surface area contributed by atoms with Crippen molar-refractivity contribution in [1.29, 1.82) is 0 Å². The summed E-state index contributed by atoms with van der Waals surface area (Å²) in [6.45, 7) is 0. The summed E-state index contributed by atoms with van der Waals surface area (Å²) < 4.78 is 13.1. The van der Waals surface area contributed by atoms with Gasteiger partial charge in [0.05, 0.1) is 10.5 Å². The summed E-state index contributed by atoms with van der Waals surface area (Å²) in [5, 5.41) is 19.1. The number of carbonyl (C=O) groups excluding carboxylic acids is 1. The number of benzene rings is 1. The predicted octanol–water partition coefficient (Wildman–Crippen LogP) is 1.64. The number of carbonyl (C=O) groups is 2. The van der Waals surface area contributed by atoms with Crippen LogP contribution in [0.3, 0.4) is 0 Å². The fraction of sp³-hybridized carbons (Fsp3) is 0. The Balaban J connectivity index is 3.45. The van der Waals surface area contributed by atoms with Crippen LogP contribution in [0.15, 0.2) is 18.2 Å².